The topological polar surface area (TPSA) is 68.2 Å². The number of ether oxygens (including phenoxy) is 3. The van der Waals surface area contributed by atoms with Crippen molar-refractivity contribution >= 4 is 0 Å². The molecule has 0 bridgehead atoms. The van der Waals surface area contributed by atoms with E-state index in [9.17, 15) is 10.2 Å². The van der Waals surface area contributed by atoms with Gasteiger partial charge in [0.15, 0.2) is 6.29 Å². The number of aliphatic hydroxyl groups excluding tert-OH is 2. The van der Waals surface area contributed by atoms with Gasteiger partial charge >= 0.3 is 0 Å². The van der Waals surface area contributed by atoms with E-state index in [1.54, 1.807) is 0 Å². The molecule has 2 aliphatic carbocycles. The molecule has 8 atom stereocenters. The Morgan fingerprint density at radius 2 is 1.78 bits per heavy atom. The van der Waals surface area contributed by atoms with Crippen LogP contribution < -0.4 is 0 Å². The Balaban J connectivity index is 1.70. The maximum Gasteiger partial charge on any atom is 0.155 e. The van der Waals surface area contributed by atoms with Gasteiger partial charge in [0, 0.05) is 23.9 Å². The fourth-order valence-electron chi connectivity index (χ4n) is 7.46. The Kier molecular flexibility index (Phi) is 4.96. The van der Waals surface area contributed by atoms with Gasteiger partial charge < -0.3 is 24.4 Å². The summed E-state index contributed by atoms with van der Waals surface area (Å²) in [6.45, 7) is 9.93. The summed E-state index contributed by atoms with van der Waals surface area (Å²) < 4.78 is 19.1. The molecule has 0 aromatic rings. The van der Waals surface area contributed by atoms with E-state index in [0.29, 0.717) is 18.3 Å². The first-order valence-corrected chi connectivity index (χ1v) is 10.9. The first-order chi connectivity index (χ1) is 12.8. The summed E-state index contributed by atoms with van der Waals surface area (Å²) in [4.78, 5) is 0. The van der Waals surface area contributed by atoms with Crippen LogP contribution in [0.4, 0.5) is 0 Å². The van der Waals surface area contributed by atoms with E-state index in [0.717, 1.165) is 38.7 Å². The summed E-state index contributed by atoms with van der Waals surface area (Å²) in [7, 11) is 0. The first kappa shape index (κ1) is 20.1. The van der Waals surface area contributed by atoms with E-state index in [2.05, 4.69) is 20.8 Å². The zero-order valence-electron chi connectivity index (χ0n) is 17.5. The number of hydrogen-bond donors (Lipinski definition) is 2. The Morgan fingerprint density at radius 3 is 2.48 bits per heavy atom. The lowest BCUT2D eigenvalue weighted by molar-refractivity contribution is -0.325. The molecule has 2 saturated carbocycles. The van der Waals surface area contributed by atoms with E-state index in [4.69, 9.17) is 14.2 Å². The molecule has 0 radical (unpaired) electrons. The second kappa shape index (κ2) is 6.66. The fourth-order valence-corrected chi connectivity index (χ4v) is 7.46. The average Bonchev–Trinajstić information content (AvgIpc) is 3.03. The van der Waals surface area contributed by atoms with Crippen molar-refractivity contribution in [2.45, 2.75) is 96.2 Å². The lowest BCUT2D eigenvalue weighted by Crippen LogP contribution is -2.68. The minimum Gasteiger partial charge on any atom is -0.396 e. The third-order valence-corrected chi connectivity index (χ3v) is 9.07. The summed E-state index contributed by atoms with van der Waals surface area (Å²) in [5, 5.41) is 19.7. The average molecular weight is 383 g/mol. The fraction of sp³-hybridized carbons (Fsp3) is 1.00. The van der Waals surface area contributed by atoms with Crippen molar-refractivity contribution in [3.8, 4) is 0 Å². The van der Waals surface area contributed by atoms with Crippen LogP contribution in [0.3, 0.4) is 0 Å². The van der Waals surface area contributed by atoms with Gasteiger partial charge in [-0.15, -0.1) is 0 Å². The van der Waals surface area contributed by atoms with Gasteiger partial charge in [-0.05, 0) is 57.3 Å². The summed E-state index contributed by atoms with van der Waals surface area (Å²) >= 11 is 0. The summed E-state index contributed by atoms with van der Waals surface area (Å²) in [6.07, 6.45) is 6.92. The van der Waals surface area contributed by atoms with Crippen molar-refractivity contribution < 1.29 is 24.4 Å². The van der Waals surface area contributed by atoms with Crippen LogP contribution in [0.1, 0.15) is 72.6 Å². The smallest absolute Gasteiger partial charge is 0.155 e. The molecule has 0 aromatic carbocycles. The van der Waals surface area contributed by atoms with Crippen molar-refractivity contribution in [3.63, 3.8) is 0 Å². The Labute approximate surface area is 163 Å². The molecule has 0 aromatic heterocycles. The maximum atomic E-state index is 10.1. The highest BCUT2D eigenvalue weighted by atomic mass is 16.7. The first-order valence-electron chi connectivity index (χ1n) is 10.9. The van der Waals surface area contributed by atoms with E-state index >= 15 is 0 Å². The van der Waals surface area contributed by atoms with Crippen LogP contribution in [0.2, 0.25) is 0 Å². The van der Waals surface area contributed by atoms with Gasteiger partial charge in [0.1, 0.15) is 0 Å². The molecule has 156 valence electrons. The van der Waals surface area contributed by atoms with Crippen LogP contribution in [0.25, 0.3) is 0 Å². The molecule has 4 rings (SSSR count). The highest BCUT2D eigenvalue weighted by molar-refractivity contribution is 5.18. The molecule has 5 nitrogen and oxygen atoms in total. The van der Waals surface area contributed by atoms with E-state index in [-0.39, 0.29) is 42.0 Å². The summed E-state index contributed by atoms with van der Waals surface area (Å²) in [6, 6.07) is 0. The van der Waals surface area contributed by atoms with Gasteiger partial charge in [-0.25, -0.2) is 0 Å². The van der Waals surface area contributed by atoms with E-state index in [1.807, 2.05) is 6.92 Å². The normalized spacial score (nSPS) is 55.3. The van der Waals surface area contributed by atoms with Gasteiger partial charge in [-0.1, -0.05) is 20.8 Å². The third kappa shape index (κ3) is 2.68. The lowest BCUT2D eigenvalue weighted by Gasteiger charge is -2.66. The SMILES string of the molecule is CC1OC[C@@]2(C)C3CC[C@@H](C)[C@]4(CCC(CO)(CCO)O4)[C@@]3(C)CC[C@@H]2O1. The molecule has 5 heteroatoms. The van der Waals surface area contributed by atoms with Gasteiger partial charge in [0.25, 0.3) is 0 Å². The highest BCUT2D eigenvalue weighted by Gasteiger charge is 2.69. The van der Waals surface area contributed by atoms with Crippen molar-refractivity contribution in [2.75, 3.05) is 19.8 Å². The van der Waals surface area contributed by atoms with Crippen molar-refractivity contribution in [3.05, 3.63) is 0 Å². The van der Waals surface area contributed by atoms with Crippen LogP contribution in [-0.2, 0) is 14.2 Å². The molecule has 0 amide bonds. The molecule has 2 N–H and O–H groups in total. The maximum absolute atomic E-state index is 10.1. The molecule has 3 unspecified atom stereocenters. The minimum absolute atomic E-state index is 0.00753. The predicted octanol–water partition coefficient (Wildman–Crippen LogP) is 3.26. The zero-order chi connectivity index (χ0) is 19.5. The molecule has 2 saturated heterocycles. The molecule has 2 heterocycles. The minimum atomic E-state index is -0.584. The van der Waals surface area contributed by atoms with Gasteiger partial charge in [0.05, 0.1) is 30.5 Å². The quantitative estimate of drug-likeness (QED) is 0.784. The van der Waals surface area contributed by atoms with Crippen LogP contribution in [0, 0.1) is 22.7 Å². The standard InChI is InChI=1S/C22H38O5/c1-15-5-6-17-19(3)14-25-16(2)26-18(19)7-8-20(17,4)22(15)10-9-21(13-24,27-22)11-12-23/h15-18,23-24H,5-14H2,1-4H3/t15-,16?,17?,18+,19+,20+,21?,22-/m1/s1. The Bertz CT molecular complexity index is 569. The second-order valence-corrected chi connectivity index (χ2v) is 10.3. The Morgan fingerprint density at radius 1 is 1.00 bits per heavy atom. The van der Waals surface area contributed by atoms with Crippen LogP contribution in [0.5, 0.6) is 0 Å². The molecule has 27 heavy (non-hydrogen) atoms. The van der Waals surface area contributed by atoms with Crippen LogP contribution >= 0.6 is 0 Å². The van der Waals surface area contributed by atoms with Gasteiger partial charge in [0.2, 0.25) is 0 Å². The zero-order valence-corrected chi connectivity index (χ0v) is 17.5. The summed E-state index contributed by atoms with van der Waals surface area (Å²) in [5.41, 5.74) is -0.766. The van der Waals surface area contributed by atoms with Crippen molar-refractivity contribution in [1.82, 2.24) is 0 Å². The lowest BCUT2D eigenvalue weighted by atomic mass is 9.43. The van der Waals surface area contributed by atoms with E-state index < -0.39 is 5.60 Å². The number of hydrogen-bond acceptors (Lipinski definition) is 5. The predicted molar refractivity (Wildman–Crippen MR) is 102 cm³/mol. The number of fused-ring (bicyclic) bond motifs is 4. The molecule has 2 aliphatic heterocycles. The van der Waals surface area contributed by atoms with Crippen LogP contribution in [-0.4, -0.2) is 53.6 Å². The van der Waals surface area contributed by atoms with Crippen LogP contribution in [0.15, 0.2) is 0 Å². The second-order valence-electron chi connectivity index (χ2n) is 10.3. The molecule has 4 aliphatic rings. The number of rotatable bonds is 3. The van der Waals surface area contributed by atoms with Crippen molar-refractivity contribution in [1.29, 1.82) is 0 Å². The highest BCUT2D eigenvalue weighted by Crippen LogP contribution is 2.68. The monoisotopic (exact) mass is 382 g/mol. The third-order valence-electron chi connectivity index (χ3n) is 9.07. The summed E-state index contributed by atoms with van der Waals surface area (Å²) in [5.74, 6) is 0.937. The molecule has 1 spiro atoms. The van der Waals surface area contributed by atoms with Crippen molar-refractivity contribution in [2.24, 2.45) is 22.7 Å². The Hall–Kier alpha value is -0.200. The van der Waals surface area contributed by atoms with E-state index in [1.165, 1.54) is 6.42 Å². The van der Waals surface area contributed by atoms with Gasteiger partial charge in [-0.2, -0.15) is 0 Å². The van der Waals surface area contributed by atoms with Gasteiger partial charge in [-0.3, -0.25) is 0 Å². The number of aliphatic hydroxyl groups is 2. The molecule has 4 fully saturated rings. The molecular formula is C22H38O5. The largest absolute Gasteiger partial charge is 0.396 e. The molecular weight excluding hydrogens is 344 g/mol.